The van der Waals surface area contributed by atoms with Crippen molar-refractivity contribution in [1.29, 1.82) is 0 Å². The molecular formula is C25H30FN9O13P2S. The van der Waals surface area contributed by atoms with Gasteiger partial charge in [0, 0.05) is 18.9 Å². The lowest BCUT2D eigenvalue weighted by atomic mass is 10.1. The minimum Gasteiger partial charge on any atom is -0.397 e. The number of hydrogen-bond acceptors (Lipinski definition) is 19. The predicted octanol–water partition coefficient (Wildman–Crippen LogP) is 0.545. The van der Waals surface area contributed by atoms with Gasteiger partial charge < -0.3 is 30.9 Å². The minimum absolute atomic E-state index is 0.00557. The molecule has 2 bridgehead atoms. The second-order valence-electron chi connectivity index (χ2n) is 11.4. The number of aromatic nitrogens is 7. The molecule has 0 aromatic carbocycles. The number of nitrogens with zero attached hydrogens (tertiary/aromatic N) is 6. The van der Waals surface area contributed by atoms with Crippen LogP contribution in [0.25, 0.3) is 22.3 Å². The number of carbonyl (C=O) groups excluding carboxylic acids is 1. The van der Waals surface area contributed by atoms with Gasteiger partial charge in [0.1, 0.15) is 36.0 Å². The highest BCUT2D eigenvalue weighted by molar-refractivity contribution is 8.13. The highest BCUT2D eigenvalue weighted by Crippen LogP contribution is 2.56. The zero-order chi connectivity index (χ0) is 36.2. The van der Waals surface area contributed by atoms with E-state index in [0.717, 1.165) is 22.7 Å². The van der Waals surface area contributed by atoms with Crippen LogP contribution in [-0.2, 0) is 46.0 Å². The molecule has 10 atom stereocenters. The number of ether oxygens (including phenoxy) is 2. The van der Waals surface area contributed by atoms with Gasteiger partial charge in [-0.1, -0.05) is 11.8 Å². The molecule has 0 amide bonds. The van der Waals surface area contributed by atoms with Gasteiger partial charge in [0.15, 0.2) is 40.6 Å². The molecule has 276 valence electrons. The maximum atomic E-state index is 16.2. The van der Waals surface area contributed by atoms with Gasteiger partial charge in [-0.3, -0.25) is 46.3 Å². The first kappa shape index (κ1) is 36.0. The normalized spacial score (nSPS) is 34.6. The summed E-state index contributed by atoms with van der Waals surface area (Å²) in [5, 5.41) is 11.1. The first-order valence-corrected chi connectivity index (χ1v) is 19.0. The van der Waals surface area contributed by atoms with Crippen molar-refractivity contribution < 1.29 is 60.4 Å². The number of aliphatic hydroxyl groups excluding tert-OH is 1. The summed E-state index contributed by atoms with van der Waals surface area (Å²) in [6, 6.07) is 1.49. The van der Waals surface area contributed by atoms with E-state index < -0.39 is 83.6 Å². The number of nitrogen functional groups attached to an aromatic ring is 2. The molecule has 26 heteroatoms. The first-order chi connectivity index (χ1) is 24.2. The summed E-state index contributed by atoms with van der Waals surface area (Å²) < 4.78 is 85.3. The third-order valence-electron chi connectivity index (χ3n) is 8.01. The number of hydrogen-bond donors (Lipinski definition) is 5. The van der Waals surface area contributed by atoms with E-state index in [-0.39, 0.29) is 51.4 Å². The van der Waals surface area contributed by atoms with Crippen molar-refractivity contribution in [2.75, 3.05) is 37.0 Å². The Morgan fingerprint density at radius 2 is 1.76 bits per heavy atom. The van der Waals surface area contributed by atoms with Crippen LogP contribution >= 0.6 is 27.4 Å². The number of phosphoric acid groups is 2. The van der Waals surface area contributed by atoms with Gasteiger partial charge in [-0.15, -0.1) is 0 Å². The Morgan fingerprint density at radius 1 is 1.06 bits per heavy atom. The Kier molecular flexibility index (Phi) is 9.79. The Morgan fingerprint density at radius 3 is 2.53 bits per heavy atom. The van der Waals surface area contributed by atoms with Crippen molar-refractivity contribution in [3.8, 4) is 0 Å². The molecule has 22 nitrogen and oxygen atoms in total. The van der Waals surface area contributed by atoms with E-state index >= 15 is 4.39 Å². The van der Waals surface area contributed by atoms with Crippen LogP contribution < -0.4 is 17.0 Å². The van der Waals surface area contributed by atoms with Crippen molar-refractivity contribution in [2.45, 2.75) is 56.1 Å². The largest absolute Gasteiger partial charge is 0.475 e. The number of phosphoric ester groups is 2. The van der Waals surface area contributed by atoms with E-state index in [1.165, 1.54) is 30.1 Å². The average molecular weight is 778 g/mol. The molecule has 7 rings (SSSR count). The number of pyridine rings is 1. The van der Waals surface area contributed by atoms with Gasteiger partial charge in [0.25, 0.3) is 5.56 Å². The number of fused-ring (bicyclic) bond motifs is 5. The van der Waals surface area contributed by atoms with Gasteiger partial charge in [-0.25, -0.2) is 28.5 Å². The molecule has 7 N–H and O–H groups in total. The maximum absolute atomic E-state index is 16.2. The standard InChI is InChI=1S/C25H30FN9O13P2S/c1-10(36)51-5-4-42-50(41)44-7-13-18(14(26)23(46-13)34-8-30-15-11(27)2-3-29-20(15)34)47-49(39,40)43-6-12-17(37)19(48-50)24(45-12)35-9-31-16-21(35)32-25(28)33-22(16)38/h2-3,8-9,12-14,17-19,23-24,37H,4-7H2,1H3,(H2,27,29)(H,39,40)(H3,28,32,33,38)/t12-,13-,14+,17+,18?,19?,23-,24-,50?/m1/s1. The predicted molar refractivity (Wildman–Crippen MR) is 171 cm³/mol. The lowest BCUT2D eigenvalue weighted by Crippen LogP contribution is -2.35. The number of aliphatic hydroxyl groups is 1. The van der Waals surface area contributed by atoms with Crippen LogP contribution in [0.5, 0.6) is 0 Å². The molecule has 51 heavy (non-hydrogen) atoms. The quantitative estimate of drug-likeness (QED) is 0.132. The molecule has 0 radical (unpaired) electrons. The number of thioether (sulfide) groups is 1. The minimum atomic E-state index is -5.17. The molecule has 0 spiro atoms. The third kappa shape index (κ3) is 7.06. The molecule has 4 unspecified atom stereocenters. The third-order valence-corrected chi connectivity index (χ3v) is 11.2. The molecule has 4 aromatic heterocycles. The van der Waals surface area contributed by atoms with Crippen LogP contribution in [0, 0.1) is 0 Å². The highest BCUT2D eigenvalue weighted by atomic mass is 32.2. The van der Waals surface area contributed by atoms with Crippen molar-refractivity contribution in [3.05, 3.63) is 35.3 Å². The van der Waals surface area contributed by atoms with Crippen molar-refractivity contribution in [2.24, 2.45) is 0 Å². The highest BCUT2D eigenvalue weighted by Gasteiger charge is 2.55. The number of nitrogens with one attached hydrogen (secondary N) is 1. The number of H-pyrrole nitrogens is 1. The number of imidazole rings is 2. The zero-order valence-electron chi connectivity index (χ0n) is 26.2. The molecule has 7 heterocycles. The lowest BCUT2D eigenvalue weighted by molar-refractivity contribution is -0.109. The van der Waals surface area contributed by atoms with Gasteiger partial charge >= 0.3 is 15.6 Å². The van der Waals surface area contributed by atoms with E-state index in [9.17, 15) is 28.7 Å². The summed E-state index contributed by atoms with van der Waals surface area (Å²) in [4.78, 5) is 53.4. The molecule has 4 aromatic rings. The number of rotatable bonds is 6. The molecule has 3 aliphatic rings. The van der Waals surface area contributed by atoms with Crippen LogP contribution in [0.1, 0.15) is 19.4 Å². The van der Waals surface area contributed by atoms with Crippen molar-refractivity contribution in [1.82, 2.24) is 34.1 Å². The van der Waals surface area contributed by atoms with E-state index in [2.05, 4.69) is 24.9 Å². The molecule has 3 fully saturated rings. The maximum Gasteiger partial charge on any atom is 0.475 e. The number of alkyl halides is 1. The molecular weight excluding hydrogens is 747 g/mol. The summed E-state index contributed by atoms with van der Waals surface area (Å²) in [5.74, 6) is -0.282. The number of carbonyl (C=O) groups is 1. The summed E-state index contributed by atoms with van der Waals surface area (Å²) in [6.45, 7) is -0.735. The second-order valence-corrected chi connectivity index (χ2v) is 15.7. The zero-order valence-corrected chi connectivity index (χ0v) is 28.8. The van der Waals surface area contributed by atoms with Gasteiger partial charge in [0.05, 0.1) is 38.2 Å². The topological polar surface area (TPSA) is 303 Å². The van der Waals surface area contributed by atoms with Crippen LogP contribution in [0.4, 0.5) is 16.0 Å². The number of nitrogens with two attached hydrogens (primary N) is 2. The fraction of sp³-hybridized carbons (Fsp3) is 0.520. The van der Waals surface area contributed by atoms with Crippen LogP contribution in [0.2, 0.25) is 0 Å². The summed E-state index contributed by atoms with van der Waals surface area (Å²) in [7, 11) is -10.0. The van der Waals surface area contributed by atoms with Crippen molar-refractivity contribution in [3.63, 3.8) is 0 Å². The molecule has 0 aliphatic carbocycles. The first-order valence-electron chi connectivity index (χ1n) is 15.0. The Hall–Kier alpha value is -3.38. The van der Waals surface area contributed by atoms with Crippen LogP contribution in [-0.4, -0.2) is 111 Å². The summed E-state index contributed by atoms with van der Waals surface area (Å²) in [6.07, 6.45) is -9.96. The van der Waals surface area contributed by atoms with E-state index in [1.807, 2.05) is 0 Å². The van der Waals surface area contributed by atoms with Crippen molar-refractivity contribution >= 4 is 66.5 Å². The summed E-state index contributed by atoms with van der Waals surface area (Å²) in [5.41, 5.74) is 11.3. The Balaban J connectivity index is 1.24. The fourth-order valence-electron chi connectivity index (χ4n) is 5.74. The summed E-state index contributed by atoms with van der Waals surface area (Å²) >= 11 is 0.850. The smallest absolute Gasteiger partial charge is 0.397 e. The average Bonchev–Trinajstić information content (AvgIpc) is 3.83. The fourth-order valence-corrected chi connectivity index (χ4v) is 8.64. The number of halogens is 1. The van der Waals surface area contributed by atoms with E-state index in [1.54, 1.807) is 0 Å². The second kappa shape index (κ2) is 13.9. The monoisotopic (exact) mass is 777 g/mol. The lowest BCUT2D eigenvalue weighted by Gasteiger charge is -2.27. The molecule has 3 aliphatic heterocycles. The van der Waals surface area contributed by atoms with Crippen LogP contribution in [0.3, 0.4) is 0 Å². The van der Waals surface area contributed by atoms with Gasteiger partial charge in [-0.05, 0) is 6.07 Å². The van der Waals surface area contributed by atoms with Crippen LogP contribution in [0.15, 0.2) is 29.7 Å². The Labute approximate surface area is 289 Å². The molecule has 3 saturated heterocycles. The van der Waals surface area contributed by atoms with Gasteiger partial charge in [0.2, 0.25) is 5.95 Å². The van der Waals surface area contributed by atoms with Gasteiger partial charge in [-0.2, -0.15) is 4.98 Å². The Bertz CT molecular complexity index is 2120. The SMILES string of the molecule is CC(=O)SCCOP1(=O)OC[C@H]2O[C@@H](n3cnc4c(N)ccnc43)[C@@H](F)C2OP(=O)(O)OC[C@H]2O[C@@H](n3cnc4c(=O)[nH]c(N)nc43)C(O1)[C@H]2O. The number of aromatic amines is 1. The van der Waals surface area contributed by atoms with E-state index in [0.29, 0.717) is 0 Å². The molecule has 0 saturated carbocycles. The number of anilines is 2. The van der Waals surface area contributed by atoms with E-state index in [4.69, 9.17) is 43.6 Å².